The average molecular weight is 614 g/mol. The Balaban J connectivity index is 1.07. The van der Waals surface area contributed by atoms with Gasteiger partial charge in [0.2, 0.25) is 0 Å². The van der Waals surface area contributed by atoms with E-state index in [1.54, 1.807) is 0 Å². The van der Waals surface area contributed by atoms with Crippen molar-refractivity contribution in [2.24, 2.45) is 0 Å². The van der Waals surface area contributed by atoms with Crippen LogP contribution in [0.2, 0.25) is 0 Å². The molecule has 226 valence electrons. The average Bonchev–Trinajstić information content (AvgIpc) is 3.56. The van der Waals surface area contributed by atoms with Gasteiger partial charge in [-0.15, -0.1) is 0 Å². The third kappa shape index (κ3) is 5.01. The second-order valence-corrected chi connectivity index (χ2v) is 12.2. The van der Waals surface area contributed by atoms with Gasteiger partial charge in [0.05, 0.1) is 0 Å². The maximum atomic E-state index is 6.18. The zero-order chi connectivity index (χ0) is 31.9. The fourth-order valence-electron chi connectivity index (χ4n) is 6.86. The summed E-state index contributed by atoms with van der Waals surface area (Å²) >= 11 is 0. The van der Waals surface area contributed by atoms with E-state index in [1.807, 2.05) is 12.1 Å². The van der Waals surface area contributed by atoms with Crippen molar-refractivity contribution in [3.8, 4) is 33.4 Å². The summed E-state index contributed by atoms with van der Waals surface area (Å²) in [5.74, 6) is 0. The van der Waals surface area contributed by atoms with Crippen LogP contribution in [0.3, 0.4) is 0 Å². The SMILES string of the molecule is c1ccc(-c2cccc(-c3ccc(N(c4ccccc4)c4ccc(-c5ccc6ccc7oc8ccccc8c7c6c5)cc4)cc3)c2)cc1. The number of fused-ring (bicyclic) bond motifs is 5. The summed E-state index contributed by atoms with van der Waals surface area (Å²) in [6.45, 7) is 0. The molecule has 0 fully saturated rings. The highest BCUT2D eigenvalue weighted by Crippen LogP contribution is 2.39. The maximum absolute atomic E-state index is 6.18. The number of nitrogens with zero attached hydrogens (tertiary/aromatic N) is 1. The number of hydrogen-bond acceptors (Lipinski definition) is 2. The molecule has 1 heterocycles. The largest absolute Gasteiger partial charge is 0.456 e. The normalized spacial score (nSPS) is 11.3. The summed E-state index contributed by atoms with van der Waals surface area (Å²) in [7, 11) is 0. The molecule has 8 aromatic carbocycles. The Bertz CT molecular complexity index is 2530. The molecule has 0 radical (unpaired) electrons. The van der Waals surface area contributed by atoms with Crippen LogP contribution < -0.4 is 4.90 Å². The van der Waals surface area contributed by atoms with E-state index in [2.05, 4.69) is 181 Å². The molecule has 48 heavy (non-hydrogen) atoms. The number of anilines is 3. The van der Waals surface area contributed by atoms with Gasteiger partial charge in [-0.05, 0) is 105 Å². The van der Waals surface area contributed by atoms with Gasteiger partial charge >= 0.3 is 0 Å². The fourth-order valence-corrected chi connectivity index (χ4v) is 6.86. The van der Waals surface area contributed by atoms with E-state index in [4.69, 9.17) is 4.42 Å². The van der Waals surface area contributed by atoms with E-state index in [0.717, 1.165) is 33.6 Å². The molecule has 0 atom stereocenters. The predicted octanol–water partition coefficient (Wildman–Crippen LogP) is 13.2. The molecule has 0 unspecified atom stereocenters. The lowest BCUT2D eigenvalue weighted by molar-refractivity contribution is 0.669. The first-order valence-electron chi connectivity index (χ1n) is 16.3. The first-order chi connectivity index (χ1) is 23.8. The van der Waals surface area contributed by atoms with Crippen molar-refractivity contribution in [3.63, 3.8) is 0 Å². The molecule has 0 saturated heterocycles. The van der Waals surface area contributed by atoms with Gasteiger partial charge in [0.25, 0.3) is 0 Å². The first-order valence-corrected chi connectivity index (χ1v) is 16.3. The van der Waals surface area contributed by atoms with Gasteiger partial charge in [-0.1, -0.05) is 127 Å². The van der Waals surface area contributed by atoms with Crippen molar-refractivity contribution in [3.05, 3.63) is 188 Å². The molecule has 0 amide bonds. The van der Waals surface area contributed by atoms with Gasteiger partial charge in [-0.3, -0.25) is 0 Å². The molecule has 2 nitrogen and oxygen atoms in total. The number of benzene rings is 8. The van der Waals surface area contributed by atoms with Crippen molar-refractivity contribution in [2.45, 2.75) is 0 Å². The number of hydrogen-bond donors (Lipinski definition) is 0. The van der Waals surface area contributed by atoms with Gasteiger partial charge in [-0.2, -0.15) is 0 Å². The molecule has 0 aliphatic carbocycles. The van der Waals surface area contributed by atoms with Crippen LogP contribution in [0, 0.1) is 0 Å². The Labute approximate surface area is 279 Å². The topological polar surface area (TPSA) is 16.4 Å². The second kappa shape index (κ2) is 11.8. The molecule has 0 saturated carbocycles. The minimum atomic E-state index is 0.921. The van der Waals surface area contributed by atoms with Crippen LogP contribution in [-0.2, 0) is 0 Å². The molecule has 0 aliphatic rings. The lowest BCUT2D eigenvalue weighted by Crippen LogP contribution is -2.09. The van der Waals surface area contributed by atoms with Crippen LogP contribution in [-0.4, -0.2) is 0 Å². The highest BCUT2D eigenvalue weighted by atomic mass is 16.3. The molecule has 0 spiro atoms. The fraction of sp³-hybridized carbons (Fsp3) is 0. The Morgan fingerprint density at radius 1 is 0.312 bits per heavy atom. The number of para-hydroxylation sites is 2. The highest BCUT2D eigenvalue weighted by molar-refractivity contribution is 6.19. The van der Waals surface area contributed by atoms with Crippen LogP contribution in [0.4, 0.5) is 17.1 Å². The van der Waals surface area contributed by atoms with Crippen LogP contribution in [0.25, 0.3) is 66.1 Å². The summed E-state index contributed by atoms with van der Waals surface area (Å²) in [5, 5.41) is 4.74. The molecule has 0 aliphatic heterocycles. The Kier molecular flexibility index (Phi) is 6.84. The number of rotatable bonds is 6. The summed E-state index contributed by atoms with van der Waals surface area (Å²) < 4.78 is 6.18. The third-order valence-corrected chi connectivity index (χ3v) is 9.26. The van der Waals surface area contributed by atoms with Crippen molar-refractivity contribution >= 4 is 49.8 Å². The Morgan fingerprint density at radius 3 is 1.50 bits per heavy atom. The lowest BCUT2D eigenvalue weighted by Gasteiger charge is -2.26. The predicted molar refractivity (Wildman–Crippen MR) is 202 cm³/mol. The van der Waals surface area contributed by atoms with Crippen LogP contribution in [0.1, 0.15) is 0 Å². The maximum Gasteiger partial charge on any atom is 0.136 e. The monoisotopic (exact) mass is 613 g/mol. The summed E-state index contributed by atoms with van der Waals surface area (Å²) in [4.78, 5) is 2.31. The zero-order valence-corrected chi connectivity index (χ0v) is 26.3. The molecule has 2 heteroatoms. The lowest BCUT2D eigenvalue weighted by atomic mass is 9.97. The minimum Gasteiger partial charge on any atom is -0.456 e. The van der Waals surface area contributed by atoms with Gasteiger partial charge < -0.3 is 9.32 Å². The van der Waals surface area contributed by atoms with Crippen molar-refractivity contribution < 1.29 is 4.42 Å². The first kappa shape index (κ1) is 27.9. The van der Waals surface area contributed by atoms with E-state index in [-0.39, 0.29) is 0 Å². The smallest absolute Gasteiger partial charge is 0.136 e. The number of furan rings is 1. The molecular weight excluding hydrogens is 583 g/mol. The molecule has 0 bridgehead atoms. The highest BCUT2D eigenvalue weighted by Gasteiger charge is 2.15. The minimum absolute atomic E-state index is 0.921. The van der Waals surface area contributed by atoms with Crippen molar-refractivity contribution in [2.75, 3.05) is 4.90 Å². The van der Waals surface area contributed by atoms with E-state index in [1.165, 1.54) is 49.5 Å². The van der Waals surface area contributed by atoms with Gasteiger partial charge in [0, 0.05) is 27.8 Å². The molecule has 1 aromatic heterocycles. The Morgan fingerprint density at radius 2 is 0.812 bits per heavy atom. The van der Waals surface area contributed by atoms with Crippen LogP contribution >= 0.6 is 0 Å². The molecule has 9 aromatic rings. The molecule has 0 N–H and O–H groups in total. The summed E-state index contributed by atoms with van der Waals surface area (Å²) in [6.07, 6.45) is 0. The van der Waals surface area contributed by atoms with Gasteiger partial charge in [0.1, 0.15) is 11.2 Å². The van der Waals surface area contributed by atoms with Crippen LogP contribution in [0.15, 0.2) is 192 Å². The Hall–Kier alpha value is -6.38. The quantitative estimate of drug-likeness (QED) is 0.185. The van der Waals surface area contributed by atoms with E-state index in [0.29, 0.717) is 0 Å². The molecule has 9 rings (SSSR count). The van der Waals surface area contributed by atoms with Crippen molar-refractivity contribution in [1.29, 1.82) is 0 Å². The van der Waals surface area contributed by atoms with E-state index < -0.39 is 0 Å². The zero-order valence-electron chi connectivity index (χ0n) is 26.3. The summed E-state index contributed by atoms with van der Waals surface area (Å²) in [5.41, 5.74) is 12.4. The van der Waals surface area contributed by atoms with Gasteiger partial charge in [0.15, 0.2) is 0 Å². The van der Waals surface area contributed by atoms with E-state index in [9.17, 15) is 0 Å². The van der Waals surface area contributed by atoms with Crippen LogP contribution in [0.5, 0.6) is 0 Å². The standard InChI is InChI=1S/C46H31NO/c1-3-10-32(11-4-1)36-12-9-13-37(30-36)33-20-25-40(26-21-33)47(39-14-5-2-6-15-39)41-27-22-34(23-28-41)38-19-18-35-24-29-45-46(43(35)31-38)42-16-7-8-17-44(42)48-45/h1-31H. The third-order valence-electron chi connectivity index (χ3n) is 9.26. The van der Waals surface area contributed by atoms with Crippen molar-refractivity contribution in [1.82, 2.24) is 0 Å². The van der Waals surface area contributed by atoms with Gasteiger partial charge in [-0.25, -0.2) is 0 Å². The summed E-state index contributed by atoms with van der Waals surface area (Å²) in [6, 6.07) is 66.9. The second-order valence-electron chi connectivity index (χ2n) is 12.2. The van der Waals surface area contributed by atoms with E-state index >= 15 is 0 Å². The molecular formula is C46H31NO.